The Morgan fingerprint density at radius 2 is 1.83 bits per heavy atom. The van der Waals surface area contributed by atoms with Crippen molar-refractivity contribution < 1.29 is 9.59 Å². The normalized spacial score (nSPS) is 10.8. The van der Waals surface area contributed by atoms with Gasteiger partial charge < -0.3 is 16.0 Å². The van der Waals surface area contributed by atoms with Crippen LogP contribution in [0.4, 0.5) is 11.5 Å². The van der Waals surface area contributed by atoms with Crippen molar-refractivity contribution in [1.82, 2.24) is 9.97 Å². The summed E-state index contributed by atoms with van der Waals surface area (Å²) in [6.45, 7) is 0. The second kappa shape index (κ2) is 9.91. The number of rotatable bonds is 7. The Balaban J connectivity index is 1.54. The van der Waals surface area contributed by atoms with E-state index >= 15 is 0 Å². The van der Waals surface area contributed by atoms with Crippen LogP contribution in [0, 0.1) is 0 Å². The molecule has 0 saturated carbocycles. The smallest absolute Gasteiger partial charge is 0.253 e. The Morgan fingerprint density at radius 3 is 2.50 bits per heavy atom. The van der Waals surface area contributed by atoms with E-state index in [1.165, 1.54) is 6.08 Å². The molecule has 3 aromatic rings. The zero-order chi connectivity index (χ0) is 21.5. The summed E-state index contributed by atoms with van der Waals surface area (Å²) in [5.74, 6) is -0.314. The molecule has 0 aliphatic rings. The third kappa shape index (κ3) is 6.33. The number of nitrogens with two attached hydrogens (primary N) is 1. The number of halogens is 1. The standard InChI is InChI=1S/C21H17ClN4O3S/c22-15-6-1-13(2-7-15)3-10-17(27)14-4-8-16(9-5-14)24-20(29)12-30-21-25-18(23)11-19(28)26-21/h1-11H,12H2,(H,24,29)(H3,23,25,26,28)/b10-3+. The molecule has 30 heavy (non-hydrogen) atoms. The number of thioether (sulfide) groups is 1. The minimum absolute atomic E-state index is 0.0386. The van der Waals surface area contributed by atoms with Gasteiger partial charge >= 0.3 is 0 Å². The number of nitrogens with one attached hydrogen (secondary N) is 2. The number of hydrogen-bond donors (Lipinski definition) is 3. The lowest BCUT2D eigenvalue weighted by atomic mass is 10.1. The van der Waals surface area contributed by atoms with Gasteiger partial charge in [-0.2, -0.15) is 0 Å². The van der Waals surface area contributed by atoms with Crippen molar-refractivity contribution in [2.24, 2.45) is 0 Å². The Hall–Kier alpha value is -3.36. The Bertz CT molecular complexity index is 1140. The van der Waals surface area contributed by atoms with E-state index in [1.807, 2.05) is 12.1 Å². The van der Waals surface area contributed by atoms with Crippen molar-refractivity contribution in [3.8, 4) is 0 Å². The summed E-state index contributed by atoms with van der Waals surface area (Å²) in [6, 6.07) is 14.9. The summed E-state index contributed by atoms with van der Waals surface area (Å²) in [5, 5.41) is 3.62. The summed E-state index contributed by atoms with van der Waals surface area (Å²) in [6.07, 6.45) is 3.19. The second-order valence-corrected chi connectivity index (χ2v) is 7.54. The largest absolute Gasteiger partial charge is 0.383 e. The lowest BCUT2D eigenvalue weighted by molar-refractivity contribution is -0.113. The van der Waals surface area contributed by atoms with Crippen LogP contribution in [-0.2, 0) is 4.79 Å². The molecule has 7 nitrogen and oxygen atoms in total. The number of nitrogen functional groups attached to an aromatic ring is 1. The van der Waals surface area contributed by atoms with Gasteiger partial charge in [0.1, 0.15) is 5.82 Å². The molecule has 0 radical (unpaired) electrons. The van der Waals surface area contributed by atoms with Gasteiger partial charge in [-0.25, -0.2) is 4.98 Å². The van der Waals surface area contributed by atoms with Gasteiger partial charge in [0.25, 0.3) is 5.56 Å². The monoisotopic (exact) mass is 440 g/mol. The quantitative estimate of drug-likeness (QED) is 0.223. The van der Waals surface area contributed by atoms with Crippen molar-refractivity contribution in [2.75, 3.05) is 16.8 Å². The van der Waals surface area contributed by atoms with Crippen LogP contribution in [0.15, 0.2) is 70.6 Å². The number of amides is 1. The number of aromatic amines is 1. The van der Waals surface area contributed by atoms with Gasteiger partial charge in [-0.15, -0.1) is 0 Å². The average Bonchev–Trinajstić information content (AvgIpc) is 2.71. The number of aromatic nitrogens is 2. The van der Waals surface area contributed by atoms with Gasteiger partial charge in [0.05, 0.1) is 5.75 Å². The molecular weight excluding hydrogens is 424 g/mol. The summed E-state index contributed by atoms with van der Waals surface area (Å²) in [7, 11) is 0. The molecule has 0 atom stereocenters. The SMILES string of the molecule is Nc1cc(=O)[nH]c(SCC(=O)Nc2ccc(C(=O)/C=C/c3ccc(Cl)cc3)cc2)n1. The topological polar surface area (TPSA) is 118 Å². The summed E-state index contributed by atoms with van der Waals surface area (Å²) in [4.78, 5) is 42.2. The Kier molecular flexibility index (Phi) is 7.05. The van der Waals surface area contributed by atoms with Gasteiger partial charge in [0.15, 0.2) is 10.9 Å². The number of ketones is 1. The predicted octanol–water partition coefficient (Wildman–Crippen LogP) is 3.63. The van der Waals surface area contributed by atoms with E-state index < -0.39 is 0 Å². The van der Waals surface area contributed by atoms with Gasteiger partial charge in [-0.3, -0.25) is 14.4 Å². The molecule has 0 fully saturated rings. The lowest BCUT2D eigenvalue weighted by Crippen LogP contribution is -2.15. The average molecular weight is 441 g/mol. The zero-order valence-corrected chi connectivity index (χ0v) is 17.2. The summed E-state index contributed by atoms with van der Waals surface area (Å²) < 4.78 is 0. The first-order valence-electron chi connectivity index (χ1n) is 8.76. The molecule has 1 heterocycles. The van der Waals surface area contributed by atoms with Crippen LogP contribution in [0.25, 0.3) is 6.08 Å². The highest BCUT2D eigenvalue weighted by Gasteiger charge is 2.07. The van der Waals surface area contributed by atoms with Gasteiger partial charge in [-0.05, 0) is 48.0 Å². The van der Waals surface area contributed by atoms with Crippen molar-refractivity contribution in [3.63, 3.8) is 0 Å². The van der Waals surface area contributed by atoms with E-state index in [1.54, 1.807) is 42.5 Å². The first-order valence-corrected chi connectivity index (χ1v) is 10.1. The van der Waals surface area contributed by atoms with Crippen LogP contribution in [0.1, 0.15) is 15.9 Å². The molecule has 2 aromatic carbocycles. The maximum atomic E-state index is 12.3. The van der Waals surface area contributed by atoms with Crippen LogP contribution in [0.3, 0.4) is 0 Å². The molecule has 9 heteroatoms. The molecule has 0 saturated heterocycles. The van der Waals surface area contributed by atoms with Gasteiger partial charge in [-0.1, -0.05) is 41.6 Å². The molecular formula is C21H17ClN4O3S. The number of carbonyl (C=O) groups is 2. The number of benzene rings is 2. The molecule has 0 bridgehead atoms. The number of nitrogens with zero attached hydrogens (tertiary/aromatic N) is 1. The van der Waals surface area contributed by atoms with E-state index in [0.29, 0.717) is 16.3 Å². The van der Waals surface area contributed by atoms with Crippen LogP contribution >= 0.6 is 23.4 Å². The van der Waals surface area contributed by atoms with Gasteiger partial charge in [0, 0.05) is 22.3 Å². The molecule has 0 aliphatic carbocycles. The first kappa shape index (κ1) is 21.4. The number of allylic oxidation sites excluding steroid dienone is 1. The number of hydrogen-bond acceptors (Lipinski definition) is 6. The highest BCUT2D eigenvalue weighted by Crippen LogP contribution is 2.15. The molecule has 3 rings (SSSR count). The molecule has 0 spiro atoms. The molecule has 1 amide bonds. The first-order chi connectivity index (χ1) is 14.4. The third-order valence-electron chi connectivity index (χ3n) is 3.83. The molecule has 4 N–H and O–H groups in total. The summed E-state index contributed by atoms with van der Waals surface area (Å²) in [5.41, 5.74) is 7.04. The van der Waals surface area contributed by atoms with Crippen molar-refractivity contribution in [3.05, 3.63) is 87.2 Å². The minimum atomic E-state index is -0.379. The van der Waals surface area contributed by atoms with E-state index in [9.17, 15) is 14.4 Å². The van der Waals surface area contributed by atoms with E-state index in [2.05, 4.69) is 15.3 Å². The molecule has 0 unspecified atom stereocenters. The zero-order valence-electron chi connectivity index (χ0n) is 15.6. The van der Waals surface area contributed by atoms with Crippen molar-refractivity contribution >= 4 is 52.6 Å². The van der Waals surface area contributed by atoms with E-state index in [-0.39, 0.29) is 34.0 Å². The molecule has 152 valence electrons. The third-order valence-corrected chi connectivity index (χ3v) is 4.96. The van der Waals surface area contributed by atoms with Crippen LogP contribution in [0.5, 0.6) is 0 Å². The fourth-order valence-corrected chi connectivity index (χ4v) is 3.22. The highest BCUT2D eigenvalue weighted by atomic mass is 35.5. The van der Waals surface area contributed by atoms with E-state index in [4.69, 9.17) is 17.3 Å². The number of H-pyrrole nitrogens is 1. The Labute approximate surface area is 181 Å². The van der Waals surface area contributed by atoms with Crippen LogP contribution in [0.2, 0.25) is 5.02 Å². The van der Waals surface area contributed by atoms with Gasteiger partial charge in [0.2, 0.25) is 5.91 Å². The fourth-order valence-electron chi connectivity index (χ4n) is 2.41. The van der Waals surface area contributed by atoms with Crippen molar-refractivity contribution in [2.45, 2.75) is 5.16 Å². The van der Waals surface area contributed by atoms with Crippen molar-refractivity contribution in [1.29, 1.82) is 0 Å². The number of carbonyl (C=O) groups excluding carboxylic acids is 2. The molecule has 0 aliphatic heterocycles. The van der Waals surface area contributed by atoms with Crippen LogP contribution < -0.4 is 16.6 Å². The van der Waals surface area contributed by atoms with Crippen LogP contribution in [-0.4, -0.2) is 27.4 Å². The van der Waals surface area contributed by atoms with E-state index in [0.717, 1.165) is 23.4 Å². The minimum Gasteiger partial charge on any atom is -0.383 e. The fraction of sp³-hybridized carbons (Fsp3) is 0.0476. The molecule has 1 aromatic heterocycles. The predicted molar refractivity (Wildman–Crippen MR) is 120 cm³/mol. The second-order valence-electron chi connectivity index (χ2n) is 6.14. The summed E-state index contributed by atoms with van der Waals surface area (Å²) >= 11 is 6.90. The lowest BCUT2D eigenvalue weighted by Gasteiger charge is -2.06. The number of anilines is 2. The highest BCUT2D eigenvalue weighted by molar-refractivity contribution is 7.99. The Morgan fingerprint density at radius 1 is 1.13 bits per heavy atom. The maximum absolute atomic E-state index is 12.3. The maximum Gasteiger partial charge on any atom is 0.253 e.